The number of likely N-dealkylation sites (tertiary alicyclic amines) is 1. The van der Waals surface area contributed by atoms with Crippen molar-refractivity contribution in [3.8, 4) is 0 Å². The van der Waals surface area contributed by atoms with Crippen LogP contribution in [0.4, 0.5) is 0 Å². The van der Waals surface area contributed by atoms with Gasteiger partial charge in [-0.2, -0.15) is 0 Å². The summed E-state index contributed by atoms with van der Waals surface area (Å²) in [6.07, 6.45) is 4.90. The number of hydrogen-bond acceptors (Lipinski definition) is 4. The summed E-state index contributed by atoms with van der Waals surface area (Å²) < 4.78 is 5.76. The molecule has 21 heavy (non-hydrogen) atoms. The van der Waals surface area contributed by atoms with Gasteiger partial charge < -0.3 is 20.1 Å². The van der Waals surface area contributed by atoms with E-state index in [1.807, 2.05) is 0 Å². The van der Waals surface area contributed by atoms with E-state index in [9.17, 15) is 9.59 Å². The number of carbonyl (C=O) groups excluding carboxylic acids is 1. The quantitative estimate of drug-likeness (QED) is 0.771. The molecule has 0 radical (unpaired) electrons. The number of ether oxygens (including phenoxy) is 1. The standard InChI is InChI=1S/C15H24N2O4/c18-13(17-6-3-11(4-7-17)15(19)20)9-16-12-5-8-21-14(12)10-1-2-10/h10-12,14,16H,1-9H2,(H,19,20). The second kappa shape index (κ2) is 6.32. The van der Waals surface area contributed by atoms with Gasteiger partial charge in [-0.1, -0.05) is 0 Å². The van der Waals surface area contributed by atoms with Crippen molar-refractivity contribution in [1.29, 1.82) is 0 Å². The number of nitrogens with zero attached hydrogens (tertiary/aromatic N) is 1. The zero-order chi connectivity index (χ0) is 14.8. The third-order valence-corrected chi connectivity index (χ3v) is 4.93. The Hall–Kier alpha value is -1.14. The van der Waals surface area contributed by atoms with Crippen LogP contribution >= 0.6 is 0 Å². The van der Waals surface area contributed by atoms with Gasteiger partial charge in [0.05, 0.1) is 18.6 Å². The van der Waals surface area contributed by atoms with E-state index >= 15 is 0 Å². The first-order valence-corrected chi connectivity index (χ1v) is 8.00. The summed E-state index contributed by atoms with van der Waals surface area (Å²) in [7, 11) is 0. The first-order valence-electron chi connectivity index (χ1n) is 8.00. The lowest BCUT2D eigenvalue weighted by molar-refractivity contribution is -0.145. The van der Waals surface area contributed by atoms with Crippen molar-refractivity contribution < 1.29 is 19.4 Å². The summed E-state index contributed by atoms with van der Waals surface area (Å²) in [4.78, 5) is 24.9. The van der Waals surface area contributed by atoms with Gasteiger partial charge in [-0.05, 0) is 38.0 Å². The Bertz CT molecular complexity index is 402. The molecule has 2 unspecified atom stereocenters. The van der Waals surface area contributed by atoms with Crippen LogP contribution in [-0.2, 0) is 14.3 Å². The fraction of sp³-hybridized carbons (Fsp3) is 0.867. The van der Waals surface area contributed by atoms with Gasteiger partial charge in [-0.15, -0.1) is 0 Å². The molecule has 0 aromatic rings. The minimum absolute atomic E-state index is 0.0836. The first-order chi connectivity index (χ1) is 10.1. The van der Waals surface area contributed by atoms with Crippen LogP contribution in [0.2, 0.25) is 0 Å². The summed E-state index contributed by atoms with van der Waals surface area (Å²) in [5.41, 5.74) is 0. The molecule has 6 heteroatoms. The smallest absolute Gasteiger partial charge is 0.306 e. The van der Waals surface area contributed by atoms with Gasteiger partial charge in [0.15, 0.2) is 0 Å². The van der Waals surface area contributed by atoms with Crippen molar-refractivity contribution in [2.75, 3.05) is 26.2 Å². The van der Waals surface area contributed by atoms with Crippen LogP contribution in [0.5, 0.6) is 0 Å². The lowest BCUT2D eigenvalue weighted by Gasteiger charge is -2.31. The first kappa shape index (κ1) is 14.8. The molecule has 2 heterocycles. The maximum Gasteiger partial charge on any atom is 0.306 e. The van der Waals surface area contributed by atoms with Gasteiger partial charge in [0.2, 0.25) is 5.91 Å². The number of aliphatic carboxylic acids is 1. The largest absolute Gasteiger partial charge is 0.481 e. The van der Waals surface area contributed by atoms with Crippen LogP contribution in [0, 0.1) is 11.8 Å². The van der Waals surface area contributed by atoms with Crippen molar-refractivity contribution in [2.45, 2.75) is 44.2 Å². The van der Waals surface area contributed by atoms with Crippen LogP contribution in [0.25, 0.3) is 0 Å². The molecule has 0 aromatic carbocycles. The van der Waals surface area contributed by atoms with E-state index in [1.54, 1.807) is 4.90 Å². The zero-order valence-electron chi connectivity index (χ0n) is 12.3. The maximum atomic E-state index is 12.2. The minimum Gasteiger partial charge on any atom is -0.481 e. The highest BCUT2D eigenvalue weighted by Gasteiger charge is 2.40. The fourth-order valence-electron chi connectivity index (χ4n) is 3.43. The molecule has 3 rings (SSSR count). The number of rotatable bonds is 5. The minimum atomic E-state index is -0.740. The van der Waals surface area contributed by atoms with E-state index in [0.29, 0.717) is 44.4 Å². The molecular formula is C15H24N2O4. The third-order valence-electron chi connectivity index (χ3n) is 4.93. The summed E-state index contributed by atoms with van der Waals surface area (Å²) >= 11 is 0. The van der Waals surface area contributed by atoms with E-state index in [-0.39, 0.29) is 17.9 Å². The molecule has 1 saturated carbocycles. The number of carboxylic acids is 1. The second-order valence-electron chi connectivity index (χ2n) is 6.44. The summed E-state index contributed by atoms with van der Waals surface area (Å²) in [6.45, 7) is 2.25. The molecule has 3 aliphatic rings. The van der Waals surface area contributed by atoms with Gasteiger partial charge in [-0.3, -0.25) is 9.59 Å². The average Bonchev–Trinajstić information content (AvgIpc) is 3.23. The number of nitrogens with one attached hydrogen (secondary N) is 1. The Kier molecular flexibility index (Phi) is 4.45. The van der Waals surface area contributed by atoms with Crippen LogP contribution in [0.3, 0.4) is 0 Å². The molecule has 1 aliphatic carbocycles. The monoisotopic (exact) mass is 296 g/mol. The van der Waals surface area contributed by atoms with Crippen molar-refractivity contribution >= 4 is 11.9 Å². The van der Waals surface area contributed by atoms with E-state index in [4.69, 9.17) is 9.84 Å². The van der Waals surface area contributed by atoms with Crippen molar-refractivity contribution in [1.82, 2.24) is 10.2 Å². The number of carbonyl (C=O) groups is 2. The molecule has 3 fully saturated rings. The van der Waals surface area contributed by atoms with Crippen LogP contribution in [0.15, 0.2) is 0 Å². The average molecular weight is 296 g/mol. The van der Waals surface area contributed by atoms with Crippen molar-refractivity contribution in [3.05, 3.63) is 0 Å². The van der Waals surface area contributed by atoms with E-state index < -0.39 is 5.97 Å². The zero-order valence-corrected chi connectivity index (χ0v) is 12.3. The predicted molar refractivity (Wildman–Crippen MR) is 75.8 cm³/mol. The number of carboxylic acid groups (broad SMARTS) is 1. The number of amides is 1. The van der Waals surface area contributed by atoms with Crippen LogP contribution < -0.4 is 5.32 Å². The molecule has 2 atom stereocenters. The SMILES string of the molecule is O=C(O)C1CCN(C(=O)CNC2CCOC2C2CC2)CC1. The second-order valence-corrected chi connectivity index (χ2v) is 6.44. The number of hydrogen-bond donors (Lipinski definition) is 2. The van der Waals surface area contributed by atoms with Crippen LogP contribution in [0.1, 0.15) is 32.1 Å². The Morgan fingerprint density at radius 1 is 1.14 bits per heavy atom. The van der Waals surface area contributed by atoms with Gasteiger partial charge in [0, 0.05) is 25.7 Å². The fourth-order valence-corrected chi connectivity index (χ4v) is 3.43. The van der Waals surface area contributed by atoms with Gasteiger partial charge in [-0.25, -0.2) is 0 Å². The summed E-state index contributed by atoms with van der Waals surface area (Å²) in [5, 5.41) is 12.3. The van der Waals surface area contributed by atoms with E-state index in [0.717, 1.165) is 13.0 Å². The van der Waals surface area contributed by atoms with Gasteiger partial charge in [0.25, 0.3) is 0 Å². The molecule has 0 bridgehead atoms. The van der Waals surface area contributed by atoms with E-state index in [2.05, 4.69) is 5.32 Å². The highest BCUT2D eigenvalue weighted by atomic mass is 16.5. The highest BCUT2D eigenvalue weighted by molar-refractivity contribution is 5.79. The predicted octanol–water partition coefficient (Wildman–Crippen LogP) is 0.467. The van der Waals surface area contributed by atoms with Gasteiger partial charge >= 0.3 is 5.97 Å². The Labute approximate surface area is 124 Å². The Balaban J connectivity index is 1.41. The summed E-state index contributed by atoms with van der Waals surface area (Å²) in [6, 6.07) is 0.304. The topological polar surface area (TPSA) is 78.9 Å². The van der Waals surface area contributed by atoms with Crippen molar-refractivity contribution in [3.63, 3.8) is 0 Å². The highest BCUT2D eigenvalue weighted by Crippen LogP contribution is 2.38. The molecule has 0 spiro atoms. The third kappa shape index (κ3) is 3.55. The molecule has 118 valence electrons. The number of piperidine rings is 1. The lowest BCUT2D eigenvalue weighted by Crippen LogP contribution is -2.47. The maximum absolute atomic E-state index is 12.2. The molecule has 2 aliphatic heterocycles. The Morgan fingerprint density at radius 2 is 1.86 bits per heavy atom. The summed E-state index contributed by atoms with van der Waals surface area (Å²) in [5.74, 6) is -0.258. The van der Waals surface area contributed by atoms with Gasteiger partial charge in [0.1, 0.15) is 0 Å². The molecule has 2 saturated heterocycles. The molecule has 1 amide bonds. The molecule has 2 N–H and O–H groups in total. The van der Waals surface area contributed by atoms with Crippen LogP contribution in [-0.4, -0.2) is 60.3 Å². The van der Waals surface area contributed by atoms with E-state index in [1.165, 1.54) is 12.8 Å². The normalized spacial score (nSPS) is 30.6. The molecule has 6 nitrogen and oxygen atoms in total. The molecule has 0 aromatic heterocycles. The lowest BCUT2D eigenvalue weighted by atomic mass is 9.97. The molecular weight excluding hydrogens is 272 g/mol. The van der Waals surface area contributed by atoms with Crippen molar-refractivity contribution in [2.24, 2.45) is 11.8 Å². The Morgan fingerprint density at radius 3 is 2.48 bits per heavy atom.